The van der Waals surface area contributed by atoms with E-state index in [2.05, 4.69) is 0 Å². The molecule has 0 aliphatic rings. The van der Waals surface area contributed by atoms with E-state index in [0.29, 0.717) is 0 Å². The summed E-state index contributed by atoms with van der Waals surface area (Å²) in [6, 6.07) is 0. The lowest BCUT2D eigenvalue weighted by Crippen LogP contribution is -2.13. The van der Waals surface area contributed by atoms with Crippen LogP contribution < -0.4 is 0 Å². The zero-order valence-corrected chi connectivity index (χ0v) is 3.22. The Morgan fingerprint density at radius 2 is 1.50 bits per heavy atom. The van der Waals surface area contributed by atoms with Crippen molar-refractivity contribution in [2.45, 2.75) is 5.11 Å². The highest BCUT2D eigenvalue weighted by Gasteiger charge is 2.03. The van der Waals surface area contributed by atoms with Gasteiger partial charge in [-0.15, -0.1) is 0 Å². The molecule has 0 saturated heterocycles. The summed E-state index contributed by atoms with van der Waals surface area (Å²) < 4.78 is 0. The van der Waals surface area contributed by atoms with E-state index in [1.165, 1.54) is 0 Å². The minimum atomic E-state index is -1.64. The van der Waals surface area contributed by atoms with Crippen LogP contribution in [0.3, 0.4) is 0 Å². The van der Waals surface area contributed by atoms with Crippen LogP contribution in [0.2, 0.25) is 5.11 Å². The summed E-state index contributed by atoms with van der Waals surface area (Å²) in [5.41, 5.74) is 0. The van der Waals surface area contributed by atoms with E-state index in [9.17, 15) is 4.79 Å². The third-order valence-electron chi connectivity index (χ3n) is 0.204. The van der Waals surface area contributed by atoms with E-state index in [0.717, 1.165) is 0 Å². The fraction of sp³-hybridized carbons (Fsp3) is 0.500. The maximum absolute atomic E-state index is 9.45. The van der Waals surface area contributed by atoms with Gasteiger partial charge < -0.3 is 4.79 Å². The van der Waals surface area contributed by atoms with E-state index in [-0.39, 0.29) is 6.29 Å². The molecule has 1 nitrogen and oxygen atoms in total. The zero-order valence-electron chi connectivity index (χ0n) is 3.22. The van der Waals surface area contributed by atoms with Crippen LogP contribution in [0.4, 0.5) is 0 Å². The molecule has 0 saturated carbocycles. The molecule has 0 aromatic carbocycles. The molecule has 0 fully saturated rings. The second-order valence-electron chi connectivity index (χ2n) is 1.12. The second-order valence-corrected chi connectivity index (χ2v) is 1.12. The summed E-state index contributed by atoms with van der Waals surface area (Å²) in [7, 11) is 14.2. The zero-order chi connectivity index (χ0) is 5.21. The summed E-state index contributed by atoms with van der Waals surface area (Å²) in [6.07, 6.45) is 0.271. The fourth-order valence-corrected chi connectivity index (χ4v) is 0. The molecule has 0 unspecified atom stereocenters. The minimum absolute atomic E-state index is 0.271. The largest absolute Gasteiger partial charge is 0.305 e. The van der Waals surface area contributed by atoms with Crippen molar-refractivity contribution in [1.29, 1.82) is 0 Å². The molecule has 0 heterocycles. The lowest BCUT2D eigenvalue weighted by Gasteiger charge is -2.04. The van der Waals surface area contributed by atoms with Gasteiger partial charge in [0.25, 0.3) is 0 Å². The molecule has 0 aromatic heterocycles. The molecular weight excluding hydrogens is 72.5 g/mol. The topological polar surface area (TPSA) is 17.1 Å². The van der Waals surface area contributed by atoms with E-state index in [1.807, 2.05) is 0 Å². The van der Waals surface area contributed by atoms with Gasteiger partial charge in [0.05, 0.1) is 23.5 Å². The van der Waals surface area contributed by atoms with Gasteiger partial charge in [-0.3, -0.25) is 0 Å². The number of aldehydes is 1. The van der Waals surface area contributed by atoms with Crippen LogP contribution in [-0.2, 0) is 4.79 Å². The maximum atomic E-state index is 9.45. The number of carbonyl (C=O) groups is 1. The van der Waals surface area contributed by atoms with Crippen LogP contribution in [0, 0.1) is 0 Å². The fourth-order valence-electron chi connectivity index (χ4n) is 0. The van der Waals surface area contributed by atoms with Crippen molar-refractivity contribution >= 4 is 29.8 Å². The first-order valence-electron chi connectivity index (χ1n) is 1.39. The summed E-state index contributed by atoms with van der Waals surface area (Å²) in [5.74, 6) is 0. The molecule has 6 radical (unpaired) electrons. The predicted molar refractivity (Wildman–Crippen MR) is 26.0 cm³/mol. The lowest BCUT2D eigenvalue weighted by molar-refractivity contribution is -0.107. The highest BCUT2D eigenvalue weighted by Crippen LogP contribution is 1.98. The van der Waals surface area contributed by atoms with Crippen molar-refractivity contribution in [2.24, 2.45) is 0 Å². The van der Waals surface area contributed by atoms with Crippen LogP contribution in [0.15, 0.2) is 0 Å². The lowest BCUT2D eigenvalue weighted by atomic mass is 9.44. The Kier molecular flexibility index (Phi) is 1.51. The first-order valence-corrected chi connectivity index (χ1v) is 1.39. The normalized spacial score (nSPS) is 10.7. The van der Waals surface area contributed by atoms with Crippen molar-refractivity contribution in [3.05, 3.63) is 0 Å². The van der Waals surface area contributed by atoms with Gasteiger partial charge in [0.1, 0.15) is 6.29 Å². The van der Waals surface area contributed by atoms with Gasteiger partial charge in [0, 0.05) is 0 Å². The minimum Gasteiger partial charge on any atom is -0.305 e. The highest BCUT2D eigenvalue weighted by molar-refractivity contribution is 6.66. The molecule has 0 aromatic rings. The van der Waals surface area contributed by atoms with Crippen LogP contribution in [0.1, 0.15) is 0 Å². The van der Waals surface area contributed by atoms with Gasteiger partial charge in [0.2, 0.25) is 0 Å². The van der Waals surface area contributed by atoms with Crippen LogP contribution >= 0.6 is 0 Å². The molecular formula is C2HB3O. The van der Waals surface area contributed by atoms with E-state index >= 15 is 0 Å². The molecule has 6 heavy (non-hydrogen) atoms. The summed E-state index contributed by atoms with van der Waals surface area (Å²) in [6.45, 7) is 0. The Bertz CT molecular complexity index is 54.3. The maximum Gasteiger partial charge on any atom is 0.101 e. The smallest absolute Gasteiger partial charge is 0.101 e. The van der Waals surface area contributed by atoms with Crippen molar-refractivity contribution in [3.8, 4) is 0 Å². The molecule has 0 bridgehead atoms. The number of hydrogen-bond donors (Lipinski definition) is 0. The number of carbonyl (C=O) groups excluding carboxylic acids is 1. The first kappa shape index (κ1) is 5.86. The van der Waals surface area contributed by atoms with Gasteiger partial charge >= 0.3 is 0 Å². The van der Waals surface area contributed by atoms with Crippen molar-refractivity contribution in [2.75, 3.05) is 0 Å². The van der Waals surface area contributed by atoms with Crippen molar-refractivity contribution in [1.82, 2.24) is 0 Å². The molecule has 24 valence electrons. The third kappa shape index (κ3) is 3.86. The molecule has 0 N–H and O–H groups in total. The van der Waals surface area contributed by atoms with Crippen LogP contribution in [0.5, 0.6) is 0 Å². The number of rotatable bonds is 1. The Hall–Kier alpha value is -0.135. The molecule has 0 amide bonds. The highest BCUT2D eigenvalue weighted by atomic mass is 16.1. The van der Waals surface area contributed by atoms with Crippen LogP contribution in [-0.4, -0.2) is 29.8 Å². The molecule has 0 atom stereocenters. The predicted octanol–water partition coefficient (Wildman–Crippen LogP) is -1.24. The summed E-state index contributed by atoms with van der Waals surface area (Å²) >= 11 is 0. The quantitative estimate of drug-likeness (QED) is 0.280. The number of hydrogen-bond acceptors (Lipinski definition) is 1. The summed E-state index contributed by atoms with van der Waals surface area (Å²) in [4.78, 5) is 9.45. The van der Waals surface area contributed by atoms with Gasteiger partial charge in [-0.25, -0.2) is 0 Å². The van der Waals surface area contributed by atoms with E-state index < -0.39 is 5.11 Å². The van der Waals surface area contributed by atoms with Gasteiger partial charge in [-0.05, 0) is 0 Å². The van der Waals surface area contributed by atoms with Gasteiger partial charge in [0.15, 0.2) is 0 Å². The molecule has 0 spiro atoms. The Morgan fingerprint density at radius 1 is 1.33 bits per heavy atom. The van der Waals surface area contributed by atoms with Crippen molar-refractivity contribution in [3.63, 3.8) is 0 Å². The molecule has 0 aliphatic carbocycles. The molecule has 0 rings (SSSR count). The Balaban J connectivity index is 3.45. The molecule has 0 aliphatic heterocycles. The Morgan fingerprint density at radius 3 is 1.50 bits per heavy atom. The van der Waals surface area contributed by atoms with E-state index in [1.54, 1.807) is 0 Å². The third-order valence-corrected chi connectivity index (χ3v) is 0.204. The van der Waals surface area contributed by atoms with Crippen LogP contribution in [0.25, 0.3) is 0 Å². The second kappa shape index (κ2) is 1.54. The van der Waals surface area contributed by atoms with Gasteiger partial charge in [-0.2, -0.15) is 0 Å². The standard InChI is InChI=1S/C2HB3O/c3-2(4,5)1-6/h1H. The summed E-state index contributed by atoms with van der Waals surface area (Å²) in [5, 5.41) is -1.64. The first-order chi connectivity index (χ1) is 2.56. The molecule has 4 heteroatoms. The monoisotopic (exact) mass is 74.0 g/mol. The van der Waals surface area contributed by atoms with Crippen molar-refractivity contribution < 1.29 is 4.79 Å². The average Bonchev–Trinajstić information content (AvgIpc) is 1.35. The van der Waals surface area contributed by atoms with Gasteiger partial charge in [-0.1, -0.05) is 5.11 Å². The Labute approximate surface area is 40.7 Å². The SMILES string of the molecule is [B]C([B])([B])C=O. The van der Waals surface area contributed by atoms with E-state index in [4.69, 9.17) is 23.5 Å². The average molecular weight is 73.5 g/mol.